The van der Waals surface area contributed by atoms with E-state index in [0.29, 0.717) is 5.02 Å². The van der Waals surface area contributed by atoms with Gasteiger partial charge in [0.05, 0.1) is 16.4 Å². The number of aromatic nitrogens is 1. The number of hydrogen-bond donors (Lipinski definition) is 1. The number of rotatable bonds is 4. The Hall–Kier alpha value is -2.27. The van der Waals surface area contributed by atoms with Gasteiger partial charge in [0.25, 0.3) is 0 Å². The van der Waals surface area contributed by atoms with E-state index in [-0.39, 0.29) is 11.8 Å². The average molecular weight is 385 g/mol. The summed E-state index contributed by atoms with van der Waals surface area (Å²) >= 11 is 5.91. The number of halogens is 1. The van der Waals surface area contributed by atoms with Crippen molar-refractivity contribution in [2.45, 2.75) is 25.7 Å². The Bertz CT molecular complexity index is 781. The zero-order chi connectivity index (χ0) is 18.6. The predicted molar refractivity (Wildman–Crippen MR) is 111 cm³/mol. The Labute approximate surface area is 165 Å². The third-order valence-corrected chi connectivity index (χ3v) is 5.73. The van der Waals surface area contributed by atoms with E-state index < -0.39 is 0 Å². The highest BCUT2D eigenvalue weighted by atomic mass is 35.5. The van der Waals surface area contributed by atoms with Gasteiger partial charge in [0.2, 0.25) is 5.91 Å². The maximum atomic E-state index is 12.8. The van der Waals surface area contributed by atoms with Crippen molar-refractivity contribution in [1.82, 2.24) is 4.98 Å². The maximum Gasteiger partial charge on any atom is 0.227 e. The van der Waals surface area contributed by atoms with Gasteiger partial charge in [0, 0.05) is 38.3 Å². The van der Waals surface area contributed by atoms with E-state index in [4.69, 9.17) is 11.6 Å². The SMILES string of the molecule is O=C(Nc1ccccc1N1CCCC1)C1CCN(c2ccc(Cl)cn2)CC1. The first-order chi connectivity index (χ1) is 13.2. The van der Waals surface area contributed by atoms with Crippen LogP contribution in [0.4, 0.5) is 17.2 Å². The van der Waals surface area contributed by atoms with Gasteiger partial charge in [0.15, 0.2) is 0 Å². The van der Waals surface area contributed by atoms with Crippen molar-refractivity contribution in [2.24, 2.45) is 5.92 Å². The van der Waals surface area contributed by atoms with E-state index in [0.717, 1.165) is 56.2 Å². The van der Waals surface area contributed by atoms with E-state index in [2.05, 4.69) is 26.2 Å². The summed E-state index contributed by atoms with van der Waals surface area (Å²) in [6, 6.07) is 12.0. The van der Waals surface area contributed by atoms with Crippen LogP contribution in [0.1, 0.15) is 25.7 Å². The zero-order valence-corrected chi connectivity index (χ0v) is 16.2. The molecule has 0 saturated carbocycles. The first-order valence-electron chi connectivity index (χ1n) is 9.72. The molecule has 2 aromatic rings. The quantitative estimate of drug-likeness (QED) is 0.858. The van der Waals surface area contributed by atoms with Crippen molar-refractivity contribution in [1.29, 1.82) is 0 Å². The van der Waals surface area contributed by atoms with Crippen molar-refractivity contribution in [2.75, 3.05) is 41.3 Å². The molecule has 1 N–H and O–H groups in total. The molecule has 2 fully saturated rings. The van der Waals surface area contributed by atoms with Crippen LogP contribution >= 0.6 is 11.6 Å². The molecule has 5 nitrogen and oxygen atoms in total. The fourth-order valence-corrected chi connectivity index (χ4v) is 4.09. The van der Waals surface area contributed by atoms with Crippen molar-refractivity contribution in [3.05, 3.63) is 47.6 Å². The minimum absolute atomic E-state index is 0.0418. The number of pyridine rings is 1. The smallest absolute Gasteiger partial charge is 0.227 e. The number of anilines is 3. The summed E-state index contributed by atoms with van der Waals surface area (Å²) in [5, 5.41) is 3.83. The maximum absolute atomic E-state index is 12.8. The van der Waals surface area contributed by atoms with Crippen LogP contribution in [0, 0.1) is 5.92 Å². The van der Waals surface area contributed by atoms with Gasteiger partial charge in [-0.25, -0.2) is 4.98 Å². The molecule has 2 saturated heterocycles. The van der Waals surface area contributed by atoms with Gasteiger partial charge in [-0.3, -0.25) is 4.79 Å². The third kappa shape index (κ3) is 4.19. The van der Waals surface area contributed by atoms with E-state index in [1.165, 1.54) is 12.8 Å². The molecule has 3 heterocycles. The second kappa shape index (κ2) is 8.17. The molecule has 27 heavy (non-hydrogen) atoms. The molecule has 142 valence electrons. The van der Waals surface area contributed by atoms with Gasteiger partial charge >= 0.3 is 0 Å². The van der Waals surface area contributed by atoms with Crippen molar-refractivity contribution in [3.63, 3.8) is 0 Å². The Kier molecular flexibility index (Phi) is 5.48. The normalized spacial score (nSPS) is 18.0. The lowest BCUT2D eigenvalue weighted by Crippen LogP contribution is -2.38. The first kappa shape index (κ1) is 18.1. The Balaban J connectivity index is 1.37. The number of benzene rings is 1. The number of hydrogen-bond acceptors (Lipinski definition) is 4. The van der Waals surface area contributed by atoms with Crippen LogP contribution in [0.25, 0.3) is 0 Å². The molecule has 0 unspecified atom stereocenters. The van der Waals surface area contributed by atoms with Crippen LogP contribution in [0.3, 0.4) is 0 Å². The van der Waals surface area contributed by atoms with Crippen LogP contribution in [-0.4, -0.2) is 37.1 Å². The van der Waals surface area contributed by atoms with E-state index in [1.54, 1.807) is 6.20 Å². The van der Waals surface area contributed by atoms with E-state index in [1.807, 2.05) is 30.3 Å². The molecule has 1 amide bonds. The van der Waals surface area contributed by atoms with Crippen LogP contribution in [0.15, 0.2) is 42.6 Å². The number of para-hydroxylation sites is 2. The average Bonchev–Trinajstić information content (AvgIpc) is 3.24. The number of nitrogens with one attached hydrogen (secondary N) is 1. The van der Waals surface area contributed by atoms with Gasteiger partial charge < -0.3 is 15.1 Å². The minimum atomic E-state index is 0.0418. The van der Waals surface area contributed by atoms with Crippen molar-refractivity contribution < 1.29 is 4.79 Å². The molecule has 0 radical (unpaired) electrons. The Morgan fingerprint density at radius 2 is 1.74 bits per heavy atom. The first-order valence-corrected chi connectivity index (χ1v) is 10.1. The number of nitrogens with zero attached hydrogens (tertiary/aromatic N) is 3. The Morgan fingerprint density at radius 1 is 1.00 bits per heavy atom. The number of carbonyl (C=O) groups excluding carboxylic acids is 1. The second-order valence-electron chi connectivity index (χ2n) is 7.30. The molecule has 2 aliphatic rings. The summed E-state index contributed by atoms with van der Waals surface area (Å²) in [4.78, 5) is 21.8. The summed E-state index contributed by atoms with van der Waals surface area (Å²) in [6.45, 7) is 3.81. The van der Waals surface area contributed by atoms with E-state index in [9.17, 15) is 4.79 Å². The lowest BCUT2D eigenvalue weighted by atomic mass is 9.95. The van der Waals surface area contributed by atoms with Gasteiger partial charge in [-0.2, -0.15) is 0 Å². The summed E-state index contributed by atoms with van der Waals surface area (Å²) in [6.07, 6.45) is 5.79. The van der Waals surface area contributed by atoms with Crippen molar-refractivity contribution >= 4 is 34.7 Å². The molecule has 0 atom stereocenters. The molecule has 4 rings (SSSR count). The standard InChI is InChI=1S/C21H25ClN4O/c22-17-7-8-20(23-15-17)26-13-9-16(10-14-26)21(27)24-18-5-1-2-6-19(18)25-11-3-4-12-25/h1-2,5-8,15-16H,3-4,9-14H2,(H,24,27). The molecular formula is C21H25ClN4O. The summed E-state index contributed by atoms with van der Waals surface area (Å²) in [5.74, 6) is 1.10. The molecule has 0 bridgehead atoms. The van der Waals surface area contributed by atoms with Crippen LogP contribution in [-0.2, 0) is 4.79 Å². The van der Waals surface area contributed by atoms with Gasteiger partial charge in [-0.1, -0.05) is 23.7 Å². The minimum Gasteiger partial charge on any atom is -0.370 e. The fourth-order valence-electron chi connectivity index (χ4n) is 3.97. The van der Waals surface area contributed by atoms with Crippen molar-refractivity contribution in [3.8, 4) is 0 Å². The van der Waals surface area contributed by atoms with E-state index >= 15 is 0 Å². The molecule has 2 aliphatic heterocycles. The molecule has 0 spiro atoms. The topological polar surface area (TPSA) is 48.5 Å². The largest absolute Gasteiger partial charge is 0.370 e. The monoisotopic (exact) mass is 384 g/mol. The highest BCUT2D eigenvalue weighted by Crippen LogP contribution is 2.30. The van der Waals surface area contributed by atoms with Crippen LogP contribution in [0.2, 0.25) is 5.02 Å². The summed E-state index contributed by atoms with van der Waals surface area (Å²) < 4.78 is 0. The third-order valence-electron chi connectivity index (χ3n) is 5.51. The molecular weight excluding hydrogens is 360 g/mol. The second-order valence-corrected chi connectivity index (χ2v) is 7.73. The predicted octanol–water partition coefficient (Wildman–Crippen LogP) is 4.19. The van der Waals surface area contributed by atoms with Gasteiger partial charge in [-0.05, 0) is 49.9 Å². The lowest BCUT2D eigenvalue weighted by molar-refractivity contribution is -0.120. The highest BCUT2D eigenvalue weighted by Gasteiger charge is 2.26. The highest BCUT2D eigenvalue weighted by molar-refractivity contribution is 6.30. The molecule has 1 aromatic carbocycles. The van der Waals surface area contributed by atoms with Crippen LogP contribution < -0.4 is 15.1 Å². The van der Waals surface area contributed by atoms with Gasteiger partial charge in [0.1, 0.15) is 5.82 Å². The number of piperidine rings is 1. The number of carbonyl (C=O) groups is 1. The molecule has 6 heteroatoms. The van der Waals surface area contributed by atoms with Crippen LogP contribution in [0.5, 0.6) is 0 Å². The number of amides is 1. The fraction of sp³-hybridized carbons (Fsp3) is 0.429. The molecule has 1 aromatic heterocycles. The van der Waals surface area contributed by atoms with Gasteiger partial charge in [-0.15, -0.1) is 0 Å². The lowest BCUT2D eigenvalue weighted by Gasteiger charge is -2.32. The Morgan fingerprint density at radius 3 is 2.44 bits per heavy atom. The zero-order valence-electron chi connectivity index (χ0n) is 15.4. The summed E-state index contributed by atoms with van der Waals surface area (Å²) in [5.41, 5.74) is 2.08. The summed E-state index contributed by atoms with van der Waals surface area (Å²) in [7, 11) is 0. The molecule has 0 aliphatic carbocycles.